The molecule has 0 atom stereocenters. The summed E-state index contributed by atoms with van der Waals surface area (Å²) >= 11 is 0. The van der Waals surface area contributed by atoms with Crippen LogP contribution in [0.4, 0.5) is 20.4 Å². The first kappa shape index (κ1) is 12.7. The molecule has 0 amide bonds. The van der Waals surface area contributed by atoms with Crippen LogP contribution >= 0.6 is 0 Å². The average Bonchev–Trinajstić information content (AvgIpc) is 2.41. The van der Waals surface area contributed by atoms with E-state index in [0.717, 1.165) is 0 Å². The molecule has 1 aromatic heterocycles. The molecule has 1 aromatic carbocycles. The van der Waals surface area contributed by atoms with Gasteiger partial charge in [-0.15, -0.1) is 0 Å². The third-order valence-corrected chi connectivity index (χ3v) is 2.11. The fourth-order valence-corrected chi connectivity index (χ4v) is 1.33. The first-order valence-electron chi connectivity index (χ1n) is 5.22. The van der Waals surface area contributed by atoms with Crippen molar-refractivity contribution in [2.45, 2.75) is 6.61 Å². The van der Waals surface area contributed by atoms with Crippen LogP contribution in [-0.2, 0) is 0 Å². The van der Waals surface area contributed by atoms with Crippen molar-refractivity contribution in [2.24, 2.45) is 0 Å². The van der Waals surface area contributed by atoms with Crippen molar-refractivity contribution < 1.29 is 13.5 Å². The van der Waals surface area contributed by atoms with Gasteiger partial charge >= 0.3 is 6.61 Å². The summed E-state index contributed by atoms with van der Waals surface area (Å²) < 4.78 is 28.1. The summed E-state index contributed by atoms with van der Waals surface area (Å²) in [5.74, 6) is 0.314. The molecule has 0 spiro atoms. The first-order chi connectivity index (χ1) is 9.17. The maximum absolute atomic E-state index is 12.0. The van der Waals surface area contributed by atoms with Gasteiger partial charge in [0, 0.05) is 11.9 Å². The highest BCUT2D eigenvalue weighted by atomic mass is 19.3. The second-order valence-corrected chi connectivity index (χ2v) is 3.41. The Morgan fingerprint density at radius 1 is 1.21 bits per heavy atom. The fraction of sp³-hybridized carbons (Fsp3) is 0.0833. The lowest BCUT2D eigenvalue weighted by Gasteiger charge is -2.07. The Labute approximate surface area is 107 Å². The summed E-state index contributed by atoms with van der Waals surface area (Å²) in [5.41, 5.74) is 0.826. The van der Waals surface area contributed by atoms with Crippen LogP contribution in [0.1, 0.15) is 5.69 Å². The van der Waals surface area contributed by atoms with Crippen molar-refractivity contribution in [3.05, 3.63) is 42.2 Å². The molecule has 0 bridgehead atoms. The Morgan fingerprint density at radius 2 is 1.95 bits per heavy atom. The minimum absolute atomic E-state index is 0.0623. The molecule has 96 valence electrons. The minimum atomic E-state index is -2.85. The number of anilines is 2. The zero-order chi connectivity index (χ0) is 13.7. The summed E-state index contributed by atoms with van der Waals surface area (Å²) in [6.07, 6.45) is 1.45. The number of benzene rings is 1. The van der Waals surface area contributed by atoms with E-state index in [9.17, 15) is 8.78 Å². The molecular formula is C12H8F2N4O. The molecule has 0 aliphatic rings. The number of ether oxygens (including phenoxy) is 1. The smallest absolute Gasteiger partial charge is 0.387 e. The number of nitriles is 1. The van der Waals surface area contributed by atoms with E-state index < -0.39 is 6.61 Å². The predicted molar refractivity (Wildman–Crippen MR) is 63.1 cm³/mol. The first-order valence-corrected chi connectivity index (χ1v) is 5.22. The van der Waals surface area contributed by atoms with Gasteiger partial charge in [0.2, 0.25) is 5.95 Å². The number of aromatic nitrogens is 2. The molecule has 1 N–H and O–H groups in total. The maximum atomic E-state index is 12.0. The lowest BCUT2D eigenvalue weighted by atomic mass is 10.3. The molecule has 7 heteroatoms. The quantitative estimate of drug-likeness (QED) is 0.917. The Morgan fingerprint density at radius 3 is 2.58 bits per heavy atom. The topological polar surface area (TPSA) is 70.8 Å². The standard InChI is InChI=1S/C12H8F2N4O/c13-11(14)19-10-3-1-8(2-4-10)17-12-16-6-5-9(7-15)18-12/h1-6,11H,(H,16,17,18). The van der Waals surface area contributed by atoms with Crippen LogP contribution in [0.5, 0.6) is 5.75 Å². The van der Waals surface area contributed by atoms with Crippen molar-refractivity contribution in [2.75, 3.05) is 5.32 Å². The van der Waals surface area contributed by atoms with Crippen LogP contribution in [-0.4, -0.2) is 16.6 Å². The lowest BCUT2D eigenvalue weighted by molar-refractivity contribution is -0.0498. The molecule has 0 fully saturated rings. The highest BCUT2D eigenvalue weighted by Crippen LogP contribution is 2.19. The summed E-state index contributed by atoms with van der Waals surface area (Å²) in [7, 11) is 0. The van der Waals surface area contributed by atoms with E-state index in [2.05, 4.69) is 20.0 Å². The Hall–Kier alpha value is -2.75. The van der Waals surface area contributed by atoms with Gasteiger partial charge < -0.3 is 10.1 Å². The van der Waals surface area contributed by atoms with Crippen LogP contribution in [0.3, 0.4) is 0 Å². The van der Waals surface area contributed by atoms with Crippen molar-refractivity contribution in [3.63, 3.8) is 0 Å². The van der Waals surface area contributed by atoms with Gasteiger partial charge in [-0.05, 0) is 30.3 Å². The monoisotopic (exact) mass is 262 g/mol. The van der Waals surface area contributed by atoms with E-state index in [1.807, 2.05) is 6.07 Å². The van der Waals surface area contributed by atoms with Crippen molar-refractivity contribution in [3.8, 4) is 11.8 Å². The Bertz CT molecular complexity index is 595. The number of rotatable bonds is 4. The van der Waals surface area contributed by atoms with Gasteiger partial charge in [-0.2, -0.15) is 14.0 Å². The minimum Gasteiger partial charge on any atom is -0.435 e. The molecule has 2 aromatic rings. The summed E-state index contributed by atoms with van der Waals surface area (Å²) in [4.78, 5) is 7.85. The average molecular weight is 262 g/mol. The third-order valence-electron chi connectivity index (χ3n) is 2.11. The zero-order valence-corrected chi connectivity index (χ0v) is 9.55. The third kappa shape index (κ3) is 3.61. The predicted octanol–water partition coefficient (Wildman–Crippen LogP) is 2.69. The number of nitrogens with zero attached hydrogens (tertiary/aromatic N) is 3. The highest BCUT2D eigenvalue weighted by molar-refractivity contribution is 5.54. The van der Waals surface area contributed by atoms with Gasteiger partial charge in [0.15, 0.2) is 0 Å². The van der Waals surface area contributed by atoms with Gasteiger partial charge in [-0.1, -0.05) is 0 Å². The molecule has 19 heavy (non-hydrogen) atoms. The summed E-state index contributed by atoms with van der Waals surface area (Å²) in [6, 6.07) is 9.23. The van der Waals surface area contributed by atoms with E-state index in [1.54, 1.807) is 12.1 Å². The normalized spacial score (nSPS) is 10.0. The van der Waals surface area contributed by atoms with Gasteiger partial charge in [0.1, 0.15) is 17.5 Å². The number of hydrogen-bond donors (Lipinski definition) is 1. The van der Waals surface area contributed by atoms with E-state index in [4.69, 9.17) is 5.26 Å². The zero-order valence-electron chi connectivity index (χ0n) is 9.55. The largest absolute Gasteiger partial charge is 0.435 e. The van der Waals surface area contributed by atoms with Crippen LogP contribution in [0.2, 0.25) is 0 Å². The number of nitrogens with one attached hydrogen (secondary N) is 1. The molecule has 0 saturated heterocycles. The van der Waals surface area contributed by atoms with E-state index in [1.165, 1.54) is 24.4 Å². The van der Waals surface area contributed by atoms with E-state index in [0.29, 0.717) is 5.69 Å². The molecule has 2 rings (SSSR count). The molecule has 0 saturated carbocycles. The van der Waals surface area contributed by atoms with Gasteiger partial charge in [-0.3, -0.25) is 0 Å². The van der Waals surface area contributed by atoms with Crippen molar-refractivity contribution in [1.29, 1.82) is 5.26 Å². The van der Waals surface area contributed by atoms with Gasteiger partial charge in [0.05, 0.1) is 0 Å². The second-order valence-electron chi connectivity index (χ2n) is 3.41. The maximum Gasteiger partial charge on any atom is 0.387 e. The molecular weight excluding hydrogens is 254 g/mol. The van der Waals surface area contributed by atoms with E-state index >= 15 is 0 Å². The lowest BCUT2D eigenvalue weighted by Crippen LogP contribution is -2.02. The van der Waals surface area contributed by atoms with Crippen molar-refractivity contribution in [1.82, 2.24) is 9.97 Å². The summed E-state index contributed by atoms with van der Waals surface area (Å²) in [5, 5.41) is 11.5. The Balaban J connectivity index is 2.09. The summed E-state index contributed by atoms with van der Waals surface area (Å²) in [6.45, 7) is -2.85. The van der Waals surface area contributed by atoms with Crippen LogP contribution in [0.25, 0.3) is 0 Å². The van der Waals surface area contributed by atoms with E-state index in [-0.39, 0.29) is 17.4 Å². The SMILES string of the molecule is N#Cc1ccnc(Nc2ccc(OC(F)F)cc2)n1. The van der Waals surface area contributed by atoms with Crippen LogP contribution in [0, 0.1) is 11.3 Å². The highest BCUT2D eigenvalue weighted by Gasteiger charge is 2.04. The molecule has 0 radical (unpaired) electrons. The molecule has 0 aliphatic heterocycles. The van der Waals surface area contributed by atoms with Gasteiger partial charge in [0.25, 0.3) is 0 Å². The molecule has 0 aliphatic carbocycles. The van der Waals surface area contributed by atoms with Crippen molar-refractivity contribution >= 4 is 11.6 Å². The molecule has 5 nitrogen and oxygen atoms in total. The molecule has 0 unspecified atom stereocenters. The van der Waals surface area contributed by atoms with Crippen LogP contribution < -0.4 is 10.1 Å². The van der Waals surface area contributed by atoms with Gasteiger partial charge in [-0.25, -0.2) is 9.97 Å². The number of halogens is 2. The second kappa shape index (κ2) is 5.73. The Kier molecular flexibility index (Phi) is 3.83. The number of alkyl halides is 2. The van der Waals surface area contributed by atoms with Crippen LogP contribution in [0.15, 0.2) is 36.5 Å². The fourth-order valence-electron chi connectivity index (χ4n) is 1.33. The molecule has 1 heterocycles. The number of hydrogen-bond acceptors (Lipinski definition) is 5.